The van der Waals surface area contributed by atoms with Crippen molar-refractivity contribution in [2.24, 2.45) is 0 Å². The van der Waals surface area contributed by atoms with E-state index in [-0.39, 0.29) is 5.56 Å². The first kappa shape index (κ1) is 17.0. The van der Waals surface area contributed by atoms with Gasteiger partial charge in [-0.2, -0.15) is 0 Å². The molecule has 0 saturated heterocycles. The highest BCUT2D eigenvalue weighted by molar-refractivity contribution is 6.19. The van der Waals surface area contributed by atoms with Crippen molar-refractivity contribution in [3.05, 3.63) is 35.9 Å². The predicted octanol–water partition coefficient (Wildman–Crippen LogP) is 6.07. The number of rotatable bonds is 8. The largest absolute Gasteiger partial charge is 0.493 e. The number of hydrogen-bond acceptors (Lipinski definition) is 2. The van der Waals surface area contributed by atoms with Crippen LogP contribution in [0.5, 0.6) is 11.5 Å². The Morgan fingerprint density at radius 2 is 1.91 bits per heavy atom. The van der Waals surface area contributed by atoms with Crippen LogP contribution in [0.3, 0.4) is 0 Å². The fraction of sp³-hybridized carbons (Fsp3) is 0.474. The van der Waals surface area contributed by atoms with Crippen LogP contribution in [-0.2, 0) is 0 Å². The van der Waals surface area contributed by atoms with Crippen molar-refractivity contribution in [2.45, 2.75) is 52.0 Å². The lowest BCUT2D eigenvalue weighted by Gasteiger charge is -2.13. The van der Waals surface area contributed by atoms with E-state index in [4.69, 9.17) is 21.1 Å². The molecule has 0 fully saturated rings. The quantitative estimate of drug-likeness (QED) is 0.434. The summed E-state index contributed by atoms with van der Waals surface area (Å²) in [6.45, 7) is 6.93. The topological polar surface area (TPSA) is 18.5 Å². The summed E-state index contributed by atoms with van der Waals surface area (Å²) in [4.78, 5) is 0. The second kappa shape index (κ2) is 8.28. The maximum absolute atomic E-state index is 5.93. The van der Waals surface area contributed by atoms with Crippen LogP contribution in [-0.4, -0.2) is 12.2 Å². The second-order valence-electron chi connectivity index (χ2n) is 5.64. The van der Waals surface area contributed by atoms with Gasteiger partial charge in [0.25, 0.3) is 0 Å². The lowest BCUT2D eigenvalue weighted by molar-refractivity contribution is 0.301. The Kier molecular flexibility index (Phi) is 6.38. The third-order valence-electron chi connectivity index (χ3n) is 3.76. The van der Waals surface area contributed by atoms with Crippen molar-refractivity contribution in [3.8, 4) is 11.5 Å². The molecule has 22 heavy (non-hydrogen) atoms. The normalized spacial score (nSPS) is 12.4. The minimum Gasteiger partial charge on any atom is -0.493 e. The molecular weight excluding hydrogens is 296 g/mol. The molecule has 2 nitrogen and oxygen atoms in total. The van der Waals surface area contributed by atoms with Crippen molar-refractivity contribution in [3.63, 3.8) is 0 Å². The minimum absolute atomic E-state index is 0.329. The number of fused-ring (bicyclic) bond motifs is 1. The van der Waals surface area contributed by atoms with Gasteiger partial charge in [-0.05, 0) is 54.8 Å². The number of halogens is 1. The average molecular weight is 321 g/mol. The molecule has 0 saturated carbocycles. The van der Waals surface area contributed by atoms with Gasteiger partial charge in [0.2, 0.25) is 0 Å². The molecule has 2 rings (SSSR count). The average Bonchev–Trinajstić information content (AvgIpc) is 2.48. The Morgan fingerprint density at radius 1 is 1.09 bits per heavy atom. The number of alkyl halides is 1. The standard InChI is InChI=1S/C19H25ClO2/c1-4-5-6-7-12-21-19-11-8-16-13-17(22-15(3)20)9-10-18(16)14(19)2/h8-11,13,15H,4-7,12H2,1-3H3. The van der Waals surface area contributed by atoms with Crippen molar-refractivity contribution >= 4 is 22.4 Å². The van der Waals surface area contributed by atoms with Gasteiger partial charge in [0, 0.05) is 0 Å². The second-order valence-corrected chi connectivity index (χ2v) is 6.26. The van der Waals surface area contributed by atoms with Crippen LogP contribution in [0.4, 0.5) is 0 Å². The summed E-state index contributed by atoms with van der Waals surface area (Å²) in [5.41, 5.74) is 0.850. The Hall–Kier alpha value is -1.41. The summed E-state index contributed by atoms with van der Waals surface area (Å²) in [6.07, 6.45) is 4.88. The molecule has 1 unspecified atom stereocenters. The van der Waals surface area contributed by atoms with Crippen molar-refractivity contribution < 1.29 is 9.47 Å². The molecule has 0 bridgehead atoms. The molecule has 0 spiro atoms. The molecule has 0 aromatic heterocycles. The molecule has 2 aromatic rings. The number of benzene rings is 2. The Labute approximate surface area is 138 Å². The monoisotopic (exact) mass is 320 g/mol. The van der Waals surface area contributed by atoms with Crippen LogP contribution >= 0.6 is 11.6 Å². The molecule has 0 radical (unpaired) electrons. The molecule has 0 heterocycles. The van der Waals surface area contributed by atoms with E-state index in [2.05, 4.69) is 26.0 Å². The summed E-state index contributed by atoms with van der Waals surface area (Å²) in [5.74, 6) is 1.77. The zero-order valence-corrected chi connectivity index (χ0v) is 14.5. The van der Waals surface area contributed by atoms with E-state index in [9.17, 15) is 0 Å². The first-order valence-corrected chi connectivity index (χ1v) is 8.52. The van der Waals surface area contributed by atoms with Gasteiger partial charge in [-0.25, -0.2) is 0 Å². The molecule has 0 N–H and O–H groups in total. The SMILES string of the molecule is CCCCCCOc1ccc2cc(OC(C)Cl)ccc2c1C. The summed E-state index contributed by atoms with van der Waals surface area (Å²) in [6, 6.07) is 10.2. The molecule has 120 valence electrons. The van der Waals surface area contributed by atoms with Crippen LogP contribution in [0, 0.1) is 6.92 Å². The number of aryl methyl sites for hydroxylation is 1. The van der Waals surface area contributed by atoms with Gasteiger partial charge in [-0.1, -0.05) is 49.9 Å². The zero-order valence-electron chi connectivity index (χ0n) is 13.7. The zero-order chi connectivity index (χ0) is 15.9. The van der Waals surface area contributed by atoms with Gasteiger partial charge in [-0.3, -0.25) is 0 Å². The summed E-state index contributed by atoms with van der Waals surface area (Å²) < 4.78 is 11.5. The molecule has 0 aliphatic carbocycles. The highest BCUT2D eigenvalue weighted by atomic mass is 35.5. The van der Waals surface area contributed by atoms with E-state index in [0.29, 0.717) is 0 Å². The molecule has 0 amide bonds. The van der Waals surface area contributed by atoms with Crippen molar-refractivity contribution in [2.75, 3.05) is 6.61 Å². The highest BCUT2D eigenvalue weighted by Gasteiger charge is 2.07. The minimum atomic E-state index is -0.329. The van der Waals surface area contributed by atoms with Gasteiger partial charge in [0.15, 0.2) is 5.56 Å². The molecule has 0 aliphatic rings. The van der Waals surface area contributed by atoms with Gasteiger partial charge in [0.05, 0.1) is 6.61 Å². The number of hydrogen-bond donors (Lipinski definition) is 0. The lowest BCUT2D eigenvalue weighted by atomic mass is 10.0. The fourth-order valence-electron chi connectivity index (χ4n) is 2.57. The molecule has 3 heteroatoms. The third kappa shape index (κ3) is 4.54. The smallest absolute Gasteiger partial charge is 0.169 e. The van der Waals surface area contributed by atoms with Gasteiger partial charge in [0.1, 0.15) is 11.5 Å². The summed E-state index contributed by atoms with van der Waals surface area (Å²) in [5, 5.41) is 2.34. The predicted molar refractivity (Wildman–Crippen MR) is 94.3 cm³/mol. The van der Waals surface area contributed by atoms with E-state index in [1.54, 1.807) is 0 Å². The fourth-order valence-corrected chi connectivity index (χ4v) is 2.67. The van der Waals surface area contributed by atoms with Crippen LogP contribution in [0.25, 0.3) is 10.8 Å². The molecule has 2 aromatic carbocycles. The van der Waals surface area contributed by atoms with E-state index >= 15 is 0 Å². The van der Waals surface area contributed by atoms with E-state index in [1.807, 2.05) is 25.1 Å². The number of unbranched alkanes of at least 4 members (excludes halogenated alkanes) is 3. The first-order chi connectivity index (χ1) is 10.6. The van der Waals surface area contributed by atoms with Crippen LogP contribution in [0.2, 0.25) is 0 Å². The Morgan fingerprint density at radius 3 is 2.64 bits per heavy atom. The highest BCUT2D eigenvalue weighted by Crippen LogP contribution is 2.30. The van der Waals surface area contributed by atoms with Crippen LogP contribution in [0.15, 0.2) is 30.3 Å². The van der Waals surface area contributed by atoms with E-state index in [1.165, 1.54) is 30.2 Å². The Balaban J connectivity index is 2.09. The Bertz CT molecular complexity index is 608. The van der Waals surface area contributed by atoms with E-state index < -0.39 is 0 Å². The van der Waals surface area contributed by atoms with Crippen molar-refractivity contribution in [1.82, 2.24) is 0 Å². The van der Waals surface area contributed by atoms with Gasteiger partial charge < -0.3 is 9.47 Å². The molecular formula is C19H25ClO2. The van der Waals surface area contributed by atoms with E-state index in [0.717, 1.165) is 29.9 Å². The van der Waals surface area contributed by atoms with Crippen LogP contribution in [0.1, 0.15) is 45.1 Å². The summed E-state index contributed by atoms with van der Waals surface area (Å²) in [7, 11) is 0. The third-order valence-corrected chi connectivity index (χ3v) is 3.85. The summed E-state index contributed by atoms with van der Waals surface area (Å²) >= 11 is 5.87. The van der Waals surface area contributed by atoms with Gasteiger partial charge in [-0.15, -0.1) is 0 Å². The maximum atomic E-state index is 5.93. The molecule has 1 atom stereocenters. The number of ether oxygens (including phenoxy) is 2. The first-order valence-electron chi connectivity index (χ1n) is 8.08. The van der Waals surface area contributed by atoms with Crippen molar-refractivity contribution in [1.29, 1.82) is 0 Å². The lowest BCUT2D eigenvalue weighted by Crippen LogP contribution is -2.02. The maximum Gasteiger partial charge on any atom is 0.169 e. The molecule has 0 aliphatic heterocycles. The van der Waals surface area contributed by atoms with Gasteiger partial charge >= 0.3 is 0 Å². The van der Waals surface area contributed by atoms with Crippen LogP contribution < -0.4 is 9.47 Å².